The monoisotopic (exact) mass is 258 g/mol. The van der Waals surface area contributed by atoms with Crippen LogP contribution in [0.4, 0.5) is 15.8 Å². The first-order valence-corrected chi connectivity index (χ1v) is 6.50. The van der Waals surface area contributed by atoms with Gasteiger partial charge in [-0.2, -0.15) is 0 Å². The SMILES string of the molecule is CC(CCc1ccccc1)Nc1cc(N)cc(F)c1. The molecule has 2 aromatic rings. The van der Waals surface area contributed by atoms with E-state index < -0.39 is 0 Å². The molecule has 19 heavy (non-hydrogen) atoms. The Hall–Kier alpha value is -2.03. The molecule has 1 atom stereocenters. The summed E-state index contributed by atoms with van der Waals surface area (Å²) in [4.78, 5) is 0. The summed E-state index contributed by atoms with van der Waals surface area (Å²) in [6, 6.07) is 15.1. The molecule has 0 bridgehead atoms. The molecular weight excluding hydrogens is 239 g/mol. The third kappa shape index (κ3) is 4.28. The van der Waals surface area contributed by atoms with Crippen LogP contribution < -0.4 is 11.1 Å². The molecule has 3 heteroatoms. The first kappa shape index (κ1) is 13.4. The van der Waals surface area contributed by atoms with E-state index in [-0.39, 0.29) is 11.9 Å². The third-order valence-corrected chi connectivity index (χ3v) is 3.04. The highest BCUT2D eigenvalue weighted by molar-refractivity contribution is 5.55. The highest BCUT2D eigenvalue weighted by atomic mass is 19.1. The Balaban J connectivity index is 1.89. The fourth-order valence-electron chi connectivity index (χ4n) is 2.08. The van der Waals surface area contributed by atoms with E-state index in [9.17, 15) is 4.39 Å². The van der Waals surface area contributed by atoms with E-state index in [1.54, 1.807) is 6.07 Å². The lowest BCUT2D eigenvalue weighted by molar-refractivity contribution is 0.628. The fourth-order valence-corrected chi connectivity index (χ4v) is 2.08. The molecule has 0 aliphatic rings. The van der Waals surface area contributed by atoms with Crippen molar-refractivity contribution in [2.45, 2.75) is 25.8 Å². The van der Waals surface area contributed by atoms with Crippen molar-refractivity contribution in [3.05, 3.63) is 59.9 Å². The van der Waals surface area contributed by atoms with Crippen LogP contribution >= 0.6 is 0 Å². The molecule has 100 valence electrons. The second kappa shape index (κ2) is 6.23. The van der Waals surface area contributed by atoms with Crippen LogP contribution in [-0.4, -0.2) is 6.04 Å². The lowest BCUT2D eigenvalue weighted by atomic mass is 10.1. The van der Waals surface area contributed by atoms with Gasteiger partial charge in [0, 0.05) is 17.4 Å². The number of hydrogen-bond donors (Lipinski definition) is 2. The van der Waals surface area contributed by atoms with Gasteiger partial charge in [-0.05, 0) is 43.5 Å². The molecule has 2 rings (SSSR count). The average molecular weight is 258 g/mol. The Kier molecular flexibility index (Phi) is 4.39. The standard InChI is InChI=1S/C16H19FN2/c1-12(7-8-13-5-3-2-4-6-13)19-16-10-14(17)9-15(18)11-16/h2-6,9-12,19H,7-8,18H2,1H3. The molecule has 2 nitrogen and oxygen atoms in total. The van der Waals surface area contributed by atoms with Crippen molar-refractivity contribution in [1.29, 1.82) is 0 Å². The zero-order valence-corrected chi connectivity index (χ0v) is 11.1. The Morgan fingerprint density at radius 1 is 1.16 bits per heavy atom. The van der Waals surface area contributed by atoms with Crippen LogP contribution in [-0.2, 0) is 6.42 Å². The van der Waals surface area contributed by atoms with Gasteiger partial charge in [0.1, 0.15) is 5.82 Å². The molecule has 0 aliphatic heterocycles. The van der Waals surface area contributed by atoms with E-state index in [2.05, 4.69) is 24.4 Å². The predicted molar refractivity (Wildman–Crippen MR) is 78.7 cm³/mol. The number of anilines is 2. The number of halogens is 1. The normalized spacial score (nSPS) is 12.1. The summed E-state index contributed by atoms with van der Waals surface area (Å²) in [5.74, 6) is -0.308. The molecule has 3 N–H and O–H groups in total. The van der Waals surface area contributed by atoms with Gasteiger partial charge >= 0.3 is 0 Å². The maximum atomic E-state index is 13.2. The summed E-state index contributed by atoms with van der Waals surface area (Å²) in [6.07, 6.45) is 1.99. The van der Waals surface area contributed by atoms with Crippen molar-refractivity contribution >= 4 is 11.4 Å². The van der Waals surface area contributed by atoms with Crippen molar-refractivity contribution < 1.29 is 4.39 Å². The zero-order chi connectivity index (χ0) is 13.7. The Bertz CT molecular complexity index is 505. The summed E-state index contributed by atoms with van der Waals surface area (Å²) in [6.45, 7) is 2.09. The number of rotatable bonds is 5. The molecule has 0 saturated heterocycles. The topological polar surface area (TPSA) is 38.0 Å². The predicted octanol–water partition coefficient (Wildman–Crippen LogP) is 3.84. The first-order valence-electron chi connectivity index (χ1n) is 6.50. The average Bonchev–Trinajstić information content (AvgIpc) is 2.36. The number of nitrogen functional groups attached to an aromatic ring is 1. The van der Waals surface area contributed by atoms with Gasteiger partial charge in [-0.25, -0.2) is 4.39 Å². The molecule has 0 heterocycles. The highest BCUT2D eigenvalue weighted by Gasteiger charge is 2.04. The van der Waals surface area contributed by atoms with Crippen LogP contribution in [0.3, 0.4) is 0 Å². The molecule has 1 unspecified atom stereocenters. The van der Waals surface area contributed by atoms with Crippen LogP contribution in [0, 0.1) is 5.82 Å². The highest BCUT2D eigenvalue weighted by Crippen LogP contribution is 2.17. The lowest BCUT2D eigenvalue weighted by Crippen LogP contribution is -2.16. The number of nitrogens with two attached hydrogens (primary N) is 1. The van der Waals surface area contributed by atoms with Gasteiger partial charge in [0.15, 0.2) is 0 Å². The Morgan fingerprint density at radius 2 is 1.89 bits per heavy atom. The van der Waals surface area contributed by atoms with Gasteiger partial charge < -0.3 is 11.1 Å². The summed E-state index contributed by atoms with van der Waals surface area (Å²) < 4.78 is 13.2. The first-order chi connectivity index (χ1) is 9.13. The van der Waals surface area contributed by atoms with Crippen LogP contribution in [0.1, 0.15) is 18.9 Å². The molecule has 2 aromatic carbocycles. The molecule has 0 amide bonds. The van der Waals surface area contributed by atoms with Crippen molar-refractivity contribution in [2.24, 2.45) is 0 Å². The molecule has 0 radical (unpaired) electrons. The summed E-state index contributed by atoms with van der Waals surface area (Å²) in [5, 5.41) is 3.27. The summed E-state index contributed by atoms with van der Waals surface area (Å²) >= 11 is 0. The van der Waals surface area contributed by atoms with E-state index in [1.807, 2.05) is 18.2 Å². The molecule has 0 aliphatic carbocycles. The number of nitrogens with one attached hydrogen (secondary N) is 1. The van der Waals surface area contributed by atoms with Crippen molar-refractivity contribution in [2.75, 3.05) is 11.1 Å². The second-order valence-corrected chi connectivity index (χ2v) is 4.84. The molecule has 0 saturated carbocycles. The number of hydrogen-bond acceptors (Lipinski definition) is 2. The summed E-state index contributed by atoms with van der Waals surface area (Å²) in [7, 11) is 0. The molecule has 0 aromatic heterocycles. The van der Waals surface area contributed by atoms with Crippen LogP contribution in [0.15, 0.2) is 48.5 Å². The Morgan fingerprint density at radius 3 is 2.58 bits per heavy atom. The van der Waals surface area contributed by atoms with Crippen LogP contribution in [0.25, 0.3) is 0 Å². The van der Waals surface area contributed by atoms with E-state index in [1.165, 1.54) is 17.7 Å². The van der Waals surface area contributed by atoms with E-state index >= 15 is 0 Å². The fraction of sp³-hybridized carbons (Fsp3) is 0.250. The van der Waals surface area contributed by atoms with Crippen LogP contribution in [0.5, 0.6) is 0 Å². The van der Waals surface area contributed by atoms with E-state index in [0.29, 0.717) is 5.69 Å². The Labute approximate surface area is 113 Å². The smallest absolute Gasteiger partial charge is 0.127 e. The van der Waals surface area contributed by atoms with Gasteiger partial charge in [-0.15, -0.1) is 0 Å². The van der Waals surface area contributed by atoms with Gasteiger partial charge in [0.05, 0.1) is 0 Å². The largest absolute Gasteiger partial charge is 0.399 e. The molecular formula is C16H19FN2. The van der Waals surface area contributed by atoms with Gasteiger partial charge in [0.2, 0.25) is 0 Å². The number of aryl methyl sites for hydroxylation is 1. The van der Waals surface area contributed by atoms with Crippen molar-refractivity contribution in [1.82, 2.24) is 0 Å². The maximum Gasteiger partial charge on any atom is 0.127 e. The van der Waals surface area contributed by atoms with Gasteiger partial charge in [-0.1, -0.05) is 30.3 Å². The van der Waals surface area contributed by atoms with Crippen molar-refractivity contribution in [3.63, 3.8) is 0 Å². The van der Waals surface area contributed by atoms with Gasteiger partial charge in [0.25, 0.3) is 0 Å². The minimum atomic E-state index is -0.308. The maximum absolute atomic E-state index is 13.2. The minimum absolute atomic E-state index is 0.265. The lowest BCUT2D eigenvalue weighted by Gasteiger charge is -2.15. The van der Waals surface area contributed by atoms with E-state index in [0.717, 1.165) is 18.5 Å². The van der Waals surface area contributed by atoms with Gasteiger partial charge in [-0.3, -0.25) is 0 Å². The molecule has 0 spiro atoms. The molecule has 0 fully saturated rings. The summed E-state index contributed by atoms with van der Waals surface area (Å²) in [5.41, 5.74) is 8.11. The van der Waals surface area contributed by atoms with Crippen LogP contribution in [0.2, 0.25) is 0 Å². The quantitative estimate of drug-likeness (QED) is 0.800. The zero-order valence-electron chi connectivity index (χ0n) is 11.1. The number of benzene rings is 2. The minimum Gasteiger partial charge on any atom is -0.399 e. The third-order valence-electron chi connectivity index (χ3n) is 3.04. The van der Waals surface area contributed by atoms with Crippen molar-refractivity contribution in [3.8, 4) is 0 Å². The second-order valence-electron chi connectivity index (χ2n) is 4.84. The van der Waals surface area contributed by atoms with E-state index in [4.69, 9.17) is 5.73 Å².